The molecule has 0 aliphatic rings. The molecule has 120 valence electrons. The van der Waals surface area contributed by atoms with Gasteiger partial charge in [0.05, 0.1) is 9.79 Å². The Labute approximate surface area is 174 Å². The number of rotatable bonds is 2. The van der Waals surface area contributed by atoms with Crippen molar-refractivity contribution >= 4 is 80.5 Å². The molecular formula is C12H12BaN2O6S2. The molecule has 0 radical (unpaired) electrons. The van der Waals surface area contributed by atoms with Crippen LogP contribution in [0.1, 0.15) is 0 Å². The minimum absolute atomic E-state index is 0. The van der Waals surface area contributed by atoms with Crippen molar-refractivity contribution in [3.63, 3.8) is 0 Å². The normalized spacial score (nSPS) is 10.9. The number of hydrogen-bond donors (Lipinski definition) is 2. The van der Waals surface area contributed by atoms with Crippen LogP contribution in [0.5, 0.6) is 0 Å². The second-order valence-corrected chi connectivity index (χ2v) is 6.81. The average molecular weight is 482 g/mol. The van der Waals surface area contributed by atoms with Crippen LogP contribution in [0.3, 0.4) is 0 Å². The molecular weight excluding hydrogens is 470 g/mol. The molecule has 0 aliphatic heterocycles. The molecule has 0 saturated heterocycles. The van der Waals surface area contributed by atoms with E-state index in [2.05, 4.69) is 0 Å². The van der Waals surface area contributed by atoms with E-state index in [1.165, 1.54) is 48.5 Å². The van der Waals surface area contributed by atoms with Gasteiger partial charge in [0.15, 0.2) is 0 Å². The summed E-state index contributed by atoms with van der Waals surface area (Å²) < 4.78 is 62.1. The van der Waals surface area contributed by atoms with Crippen LogP contribution in [-0.4, -0.2) is 74.8 Å². The summed E-state index contributed by atoms with van der Waals surface area (Å²) in [5.74, 6) is 0. The van der Waals surface area contributed by atoms with Gasteiger partial charge in [-0.3, -0.25) is 0 Å². The fourth-order valence-electron chi connectivity index (χ4n) is 1.27. The molecule has 0 spiro atoms. The molecule has 0 atom stereocenters. The molecule has 0 amide bonds. The van der Waals surface area contributed by atoms with E-state index in [1.54, 1.807) is 0 Å². The van der Waals surface area contributed by atoms with Gasteiger partial charge in [0, 0.05) is 11.4 Å². The molecule has 0 unspecified atom stereocenters. The molecule has 11 heteroatoms. The van der Waals surface area contributed by atoms with Gasteiger partial charge < -0.3 is 20.6 Å². The first-order valence-corrected chi connectivity index (χ1v) is 8.44. The Morgan fingerprint density at radius 3 is 1.00 bits per heavy atom. The molecule has 0 aliphatic carbocycles. The fourth-order valence-corrected chi connectivity index (χ4v) is 2.21. The first-order chi connectivity index (χ1) is 10.00. The number of hydrogen-bond acceptors (Lipinski definition) is 8. The molecule has 8 nitrogen and oxygen atoms in total. The van der Waals surface area contributed by atoms with E-state index in [9.17, 15) is 25.9 Å². The van der Waals surface area contributed by atoms with Gasteiger partial charge in [-0.05, 0) is 48.5 Å². The summed E-state index contributed by atoms with van der Waals surface area (Å²) in [6, 6.07) is 10.2. The zero-order valence-electron chi connectivity index (χ0n) is 11.7. The fraction of sp³-hybridized carbons (Fsp3) is 0. The summed E-state index contributed by atoms with van der Waals surface area (Å²) in [5, 5.41) is 0. The van der Waals surface area contributed by atoms with Crippen molar-refractivity contribution in [1.29, 1.82) is 0 Å². The van der Waals surface area contributed by atoms with Crippen LogP contribution in [0.15, 0.2) is 58.3 Å². The van der Waals surface area contributed by atoms with Gasteiger partial charge in [0.1, 0.15) is 20.2 Å². The molecule has 0 bridgehead atoms. The van der Waals surface area contributed by atoms with E-state index in [4.69, 9.17) is 11.5 Å². The largest absolute Gasteiger partial charge is 2.00 e. The molecule has 23 heavy (non-hydrogen) atoms. The molecule has 2 rings (SSSR count). The van der Waals surface area contributed by atoms with E-state index in [-0.39, 0.29) is 58.7 Å². The van der Waals surface area contributed by atoms with Gasteiger partial charge >= 0.3 is 48.9 Å². The van der Waals surface area contributed by atoms with E-state index in [0.717, 1.165) is 0 Å². The van der Waals surface area contributed by atoms with Crippen LogP contribution in [0.4, 0.5) is 11.4 Å². The maximum absolute atomic E-state index is 10.3. The van der Waals surface area contributed by atoms with Crippen molar-refractivity contribution < 1.29 is 25.9 Å². The summed E-state index contributed by atoms with van der Waals surface area (Å²) in [6.45, 7) is 0. The van der Waals surface area contributed by atoms with Crippen LogP contribution in [0.2, 0.25) is 0 Å². The quantitative estimate of drug-likeness (QED) is 0.342. The van der Waals surface area contributed by atoms with Crippen molar-refractivity contribution in [1.82, 2.24) is 0 Å². The molecule has 4 N–H and O–H groups in total. The van der Waals surface area contributed by atoms with Gasteiger partial charge in [-0.15, -0.1) is 0 Å². The molecule has 0 heterocycles. The first kappa shape index (κ1) is 22.4. The first-order valence-electron chi connectivity index (χ1n) is 5.63. The zero-order chi connectivity index (χ0) is 17.0. The minimum atomic E-state index is -4.33. The number of benzene rings is 2. The maximum Gasteiger partial charge on any atom is 2.00 e. The SMILES string of the molecule is Nc1ccc(S(=O)(=O)[O-])cc1.Nc1ccc(S(=O)(=O)[O-])cc1.[Ba+2]. The molecule has 0 fully saturated rings. The monoisotopic (exact) mass is 482 g/mol. The van der Waals surface area contributed by atoms with Gasteiger partial charge in [-0.2, -0.15) is 0 Å². The third-order valence-corrected chi connectivity index (χ3v) is 4.04. The van der Waals surface area contributed by atoms with Crippen LogP contribution in [0.25, 0.3) is 0 Å². The standard InChI is InChI=1S/2C6H7NO3S.Ba/c2*7-5-1-3-6(4-2-5)11(8,9)10;/h2*1-4H,7H2,(H,8,9,10);/q;;+2/p-2. The van der Waals surface area contributed by atoms with Crippen LogP contribution in [-0.2, 0) is 20.2 Å². The topological polar surface area (TPSA) is 166 Å². The van der Waals surface area contributed by atoms with Crippen molar-refractivity contribution in [3.8, 4) is 0 Å². The Morgan fingerprint density at radius 2 is 0.826 bits per heavy atom. The Bertz CT molecular complexity index is 761. The molecule has 0 aromatic heterocycles. The van der Waals surface area contributed by atoms with E-state index >= 15 is 0 Å². The van der Waals surface area contributed by atoms with Crippen LogP contribution in [0, 0.1) is 0 Å². The molecule has 2 aromatic rings. The van der Waals surface area contributed by atoms with Crippen molar-refractivity contribution in [2.75, 3.05) is 11.5 Å². The second kappa shape index (κ2) is 9.06. The Balaban J connectivity index is 0.000000403. The average Bonchev–Trinajstić information content (AvgIpc) is 2.38. The second-order valence-electron chi connectivity index (χ2n) is 4.05. The Kier molecular flexibility index (Phi) is 8.83. The third-order valence-electron chi connectivity index (χ3n) is 2.34. The summed E-state index contributed by atoms with van der Waals surface area (Å²) in [4.78, 5) is -0.515. The third kappa shape index (κ3) is 8.19. The van der Waals surface area contributed by atoms with Gasteiger partial charge in [0.2, 0.25) is 0 Å². The summed E-state index contributed by atoms with van der Waals surface area (Å²) >= 11 is 0. The summed E-state index contributed by atoms with van der Waals surface area (Å²) in [6.07, 6.45) is 0. The summed E-state index contributed by atoms with van der Waals surface area (Å²) in [5.41, 5.74) is 11.4. The summed E-state index contributed by atoms with van der Waals surface area (Å²) in [7, 11) is -8.65. The number of nitrogens with two attached hydrogens (primary N) is 2. The van der Waals surface area contributed by atoms with Crippen molar-refractivity contribution in [2.24, 2.45) is 0 Å². The zero-order valence-corrected chi connectivity index (χ0v) is 17.8. The predicted molar refractivity (Wildman–Crippen MR) is 83.4 cm³/mol. The van der Waals surface area contributed by atoms with Crippen LogP contribution < -0.4 is 11.5 Å². The maximum atomic E-state index is 10.3. The van der Waals surface area contributed by atoms with E-state index in [0.29, 0.717) is 11.4 Å². The van der Waals surface area contributed by atoms with E-state index < -0.39 is 20.2 Å². The van der Waals surface area contributed by atoms with Gasteiger partial charge in [0.25, 0.3) is 0 Å². The predicted octanol–water partition coefficient (Wildman–Crippen LogP) is -0.0350. The smallest absolute Gasteiger partial charge is 0.744 e. The van der Waals surface area contributed by atoms with E-state index in [1.807, 2.05) is 0 Å². The van der Waals surface area contributed by atoms with Crippen molar-refractivity contribution in [2.45, 2.75) is 9.79 Å². The minimum Gasteiger partial charge on any atom is -0.744 e. The molecule has 0 saturated carbocycles. The Hall–Kier alpha value is -0.569. The number of nitrogen functional groups attached to an aromatic ring is 2. The Morgan fingerprint density at radius 1 is 0.609 bits per heavy atom. The van der Waals surface area contributed by atoms with Gasteiger partial charge in [-0.1, -0.05) is 0 Å². The molecule has 2 aromatic carbocycles. The van der Waals surface area contributed by atoms with Crippen LogP contribution >= 0.6 is 0 Å². The van der Waals surface area contributed by atoms with Gasteiger partial charge in [-0.25, -0.2) is 16.8 Å². The van der Waals surface area contributed by atoms with Crippen molar-refractivity contribution in [3.05, 3.63) is 48.5 Å². The number of anilines is 2.